The van der Waals surface area contributed by atoms with Gasteiger partial charge in [0.05, 0.1) is 12.7 Å². The van der Waals surface area contributed by atoms with Crippen molar-refractivity contribution >= 4 is 11.7 Å². The third-order valence-electron chi connectivity index (χ3n) is 2.90. The van der Waals surface area contributed by atoms with Gasteiger partial charge in [-0.3, -0.25) is 4.79 Å². The lowest BCUT2D eigenvalue weighted by Gasteiger charge is -2.09. The molecule has 0 saturated heterocycles. The van der Waals surface area contributed by atoms with E-state index in [4.69, 9.17) is 4.74 Å². The standard InChI is InChI=1S/C14H12N6O2/c1-22-11-5-3-2-4-10(11)14(21)19-12-6-13(17-8-16-12)20-9-15-7-18-20/h2-9H,1H3,(H,16,17,19,21). The van der Waals surface area contributed by atoms with Crippen LogP contribution in [0.15, 0.2) is 49.3 Å². The van der Waals surface area contributed by atoms with Crippen LogP contribution in [0.5, 0.6) is 5.75 Å². The lowest BCUT2D eigenvalue weighted by molar-refractivity contribution is 0.102. The first-order valence-electron chi connectivity index (χ1n) is 6.39. The molecule has 8 nitrogen and oxygen atoms in total. The van der Waals surface area contributed by atoms with Crippen LogP contribution in [0.1, 0.15) is 10.4 Å². The molecule has 1 N–H and O–H groups in total. The number of amides is 1. The van der Waals surface area contributed by atoms with Crippen molar-refractivity contribution in [1.82, 2.24) is 24.7 Å². The monoisotopic (exact) mass is 296 g/mol. The summed E-state index contributed by atoms with van der Waals surface area (Å²) in [6, 6.07) is 8.55. The molecule has 2 aromatic heterocycles. The van der Waals surface area contributed by atoms with Gasteiger partial charge in [0.25, 0.3) is 5.91 Å². The van der Waals surface area contributed by atoms with Gasteiger partial charge in [-0.05, 0) is 12.1 Å². The molecule has 0 unspecified atom stereocenters. The van der Waals surface area contributed by atoms with Gasteiger partial charge in [0.1, 0.15) is 30.5 Å². The molecule has 8 heteroatoms. The zero-order valence-corrected chi connectivity index (χ0v) is 11.7. The number of carbonyl (C=O) groups excluding carboxylic acids is 1. The number of nitrogens with zero attached hydrogens (tertiary/aromatic N) is 5. The van der Waals surface area contributed by atoms with E-state index in [0.717, 1.165) is 0 Å². The Morgan fingerprint density at radius 3 is 2.86 bits per heavy atom. The molecule has 0 bridgehead atoms. The average molecular weight is 296 g/mol. The minimum atomic E-state index is -0.319. The first kappa shape index (κ1) is 13.7. The smallest absolute Gasteiger partial charge is 0.260 e. The van der Waals surface area contributed by atoms with E-state index >= 15 is 0 Å². The van der Waals surface area contributed by atoms with Gasteiger partial charge in [0, 0.05) is 6.07 Å². The molecular formula is C14H12N6O2. The van der Waals surface area contributed by atoms with Crippen molar-refractivity contribution in [2.45, 2.75) is 0 Å². The molecule has 2 heterocycles. The van der Waals surface area contributed by atoms with Crippen LogP contribution in [0, 0.1) is 0 Å². The largest absolute Gasteiger partial charge is 0.496 e. The fraction of sp³-hybridized carbons (Fsp3) is 0.0714. The van der Waals surface area contributed by atoms with E-state index in [0.29, 0.717) is 22.9 Å². The maximum Gasteiger partial charge on any atom is 0.260 e. The number of nitrogens with one attached hydrogen (secondary N) is 1. The third-order valence-corrected chi connectivity index (χ3v) is 2.90. The molecule has 0 aliphatic heterocycles. The molecule has 0 saturated carbocycles. The van der Waals surface area contributed by atoms with Crippen molar-refractivity contribution in [2.24, 2.45) is 0 Å². The number of ether oxygens (including phenoxy) is 1. The van der Waals surface area contributed by atoms with E-state index in [-0.39, 0.29) is 5.91 Å². The second-order valence-electron chi connectivity index (χ2n) is 4.26. The maximum atomic E-state index is 12.3. The summed E-state index contributed by atoms with van der Waals surface area (Å²) in [6.45, 7) is 0. The summed E-state index contributed by atoms with van der Waals surface area (Å²) in [5.74, 6) is 1.03. The summed E-state index contributed by atoms with van der Waals surface area (Å²) >= 11 is 0. The number of para-hydroxylation sites is 1. The molecule has 0 spiro atoms. The Bertz CT molecular complexity index is 788. The van der Waals surface area contributed by atoms with Crippen molar-refractivity contribution in [3.8, 4) is 11.6 Å². The van der Waals surface area contributed by atoms with E-state index in [1.165, 1.54) is 30.8 Å². The second-order valence-corrected chi connectivity index (χ2v) is 4.26. The highest BCUT2D eigenvalue weighted by Crippen LogP contribution is 2.18. The Morgan fingerprint density at radius 1 is 1.23 bits per heavy atom. The lowest BCUT2D eigenvalue weighted by atomic mass is 10.2. The second kappa shape index (κ2) is 6.00. The maximum absolute atomic E-state index is 12.3. The predicted octanol–water partition coefficient (Wildman–Crippen LogP) is 1.32. The molecule has 0 aliphatic carbocycles. The van der Waals surface area contributed by atoms with E-state index in [9.17, 15) is 4.79 Å². The lowest BCUT2D eigenvalue weighted by Crippen LogP contribution is -2.14. The average Bonchev–Trinajstić information content (AvgIpc) is 3.09. The molecule has 0 atom stereocenters. The summed E-state index contributed by atoms with van der Waals surface area (Å²) in [5.41, 5.74) is 0.422. The molecule has 22 heavy (non-hydrogen) atoms. The summed E-state index contributed by atoms with van der Waals surface area (Å²) in [7, 11) is 1.51. The van der Waals surface area contributed by atoms with Crippen LogP contribution < -0.4 is 10.1 Å². The number of methoxy groups -OCH3 is 1. The normalized spacial score (nSPS) is 10.2. The fourth-order valence-electron chi connectivity index (χ4n) is 1.88. The van der Waals surface area contributed by atoms with Gasteiger partial charge in [-0.15, -0.1) is 0 Å². The Kier molecular flexibility index (Phi) is 3.73. The summed E-state index contributed by atoms with van der Waals surface area (Å²) < 4.78 is 6.64. The van der Waals surface area contributed by atoms with Crippen LogP contribution in [0.2, 0.25) is 0 Å². The number of hydrogen-bond acceptors (Lipinski definition) is 6. The highest BCUT2D eigenvalue weighted by Gasteiger charge is 2.12. The van der Waals surface area contributed by atoms with Crippen molar-refractivity contribution in [3.05, 3.63) is 54.9 Å². The molecule has 0 radical (unpaired) electrons. The van der Waals surface area contributed by atoms with Gasteiger partial charge < -0.3 is 10.1 Å². The van der Waals surface area contributed by atoms with E-state index in [2.05, 4.69) is 25.4 Å². The van der Waals surface area contributed by atoms with Gasteiger partial charge in [0.2, 0.25) is 0 Å². The Hall–Kier alpha value is -3.29. The van der Waals surface area contributed by atoms with Gasteiger partial charge in [-0.2, -0.15) is 5.10 Å². The molecule has 1 amide bonds. The number of carbonyl (C=O) groups is 1. The van der Waals surface area contributed by atoms with Crippen LogP contribution in [-0.2, 0) is 0 Å². The third kappa shape index (κ3) is 2.75. The Labute approximate surface area is 125 Å². The topological polar surface area (TPSA) is 94.8 Å². The Morgan fingerprint density at radius 2 is 2.09 bits per heavy atom. The minimum Gasteiger partial charge on any atom is -0.496 e. The van der Waals surface area contributed by atoms with Crippen molar-refractivity contribution in [1.29, 1.82) is 0 Å². The predicted molar refractivity (Wildman–Crippen MR) is 77.9 cm³/mol. The number of benzene rings is 1. The number of rotatable bonds is 4. The van der Waals surface area contributed by atoms with Crippen molar-refractivity contribution in [2.75, 3.05) is 12.4 Å². The van der Waals surface area contributed by atoms with Crippen molar-refractivity contribution in [3.63, 3.8) is 0 Å². The number of aromatic nitrogens is 5. The molecule has 1 aromatic carbocycles. The fourth-order valence-corrected chi connectivity index (χ4v) is 1.88. The van der Waals surface area contributed by atoms with E-state index < -0.39 is 0 Å². The highest BCUT2D eigenvalue weighted by atomic mass is 16.5. The zero-order chi connectivity index (χ0) is 15.4. The molecule has 0 aliphatic rings. The summed E-state index contributed by atoms with van der Waals surface area (Å²) in [5, 5.41) is 6.68. The summed E-state index contributed by atoms with van der Waals surface area (Å²) in [4.78, 5) is 24.2. The zero-order valence-electron chi connectivity index (χ0n) is 11.7. The summed E-state index contributed by atoms with van der Waals surface area (Å²) in [6.07, 6.45) is 4.25. The van der Waals surface area contributed by atoms with Crippen molar-refractivity contribution < 1.29 is 9.53 Å². The SMILES string of the molecule is COc1ccccc1C(=O)Nc1cc(-n2cncn2)ncn1. The number of hydrogen-bond donors (Lipinski definition) is 1. The Balaban J connectivity index is 1.84. The van der Waals surface area contributed by atoms with Gasteiger partial charge >= 0.3 is 0 Å². The first-order valence-corrected chi connectivity index (χ1v) is 6.39. The number of anilines is 1. The van der Waals surface area contributed by atoms with Crippen LogP contribution in [-0.4, -0.2) is 37.7 Å². The van der Waals surface area contributed by atoms with Crippen LogP contribution in [0.3, 0.4) is 0 Å². The molecule has 0 fully saturated rings. The molecule has 110 valence electrons. The van der Waals surface area contributed by atoms with Gasteiger partial charge in [0.15, 0.2) is 5.82 Å². The van der Waals surface area contributed by atoms with E-state index in [1.54, 1.807) is 30.3 Å². The van der Waals surface area contributed by atoms with Crippen LogP contribution >= 0.6 is 0 Å². The first-order chi connectivity index (χ1) is 10.8. The highest BCUT2D eigenvalue weighted by molar-refractivity contribution is 6.05. The van der Waals surface area contributed by atoms with Crippen LogP contribution in [0.25, 0.3) is 5.82 Å². The molecule has 3 aromatic rings. The van der Waals surface area contributed by atoms with E-state index in [1.807, 2.05) is 0 Å². The molecular weight excluding hydrogens is 284 g/mol. The molecule has 3 rings (SSSR count). The quantitative estimate of drug-likeness (QED) is 0.780. The van der Waals surface area contributed by atoms with Gasteiger partial charge in [-0.25, -0.2) is 19.6 Å². The van der Waals surface area contributed by atoms with Crippen LogP contribution in [0.4, 0.5) is 5.82 Å². The van der Waals surface area contributed by atoms with Gasteiger partial charge in [-0.1, -0.05) is 12.1 Å². The minimum absolute atomic E-state index is 0.319.